The summed E-state index contributed by atoms with van der Waals surface area (Å²) < 4.78 is 23.9. The first-order chi connectivity index (χ1) is 11.0. The van der Waals surface area contributed by atoms with Gasteiger partial charge in [-0.25, -0.2) is 4.39 Å². The Labute approximate surface area is 142 Å². The van der Waals surface area contributed by atoms with Crippen molar-refractivity contribution in [2.24, 2.45) is 0 Å². The third kappa shape index (κ3) is 4.32. The number of halogens is 2. The molecule has 4 nitrogen and oxygen atoms in total. The molecule has 0 bridgehead atoms. The van der Waals surface area contributed by atoms with Gasteiger partial charge in [0.1, 0.15) is 17.3 Å². The zero-order chi connectivity index (χ0) is 16.8. The summed E-state index contributed by atoms with van der Waals surface area (Å²) in [5, 5.41) is 2.92. The van der Waals surface area contributed by atoms with Crippen LogP contribution in [0, 0.1) is 5.82 Å². The predicted molar refractivity (Wildman–Crippen MR) is 90.7 cm³/mol. The summed E-state index contributed by atoms with van der Waals surface area (Å²) in [6.45, 7) is 0. The molecule has 0 saturated carbocycles. The molecule has 0 aliphatic heterocycles. The topological polar surface area (TPSA) is 47.6 Å². The maximum atomic E-state index is 13.0. The molecular formula is C17H15BrFNO3. The van der Waals surface area contributed by atoms with Crippen molar-refractivity contribution in [2.75, 3.05) is 19.5 Å². The van der Waals surface area contributed by atoms with Crippen molar-refractivity contribution in [3.05, 3.63) is 64.5 Å². The molecule has 1 N–H and O–H groups in total. The number of benzene rings is 2. The van der Waals surface area contributed by atoms with Crippen LogP contribution >= 0.6 is 15.9 Å². The second kappa shape index (κ2) is 7.78. The number of hydrogen-bond donors (Lipinski definition) is 1. The van der Waals surface area contributed by atoms with Gasteiger partial charge in [0, 0.05) is 16.7 Å². The van der Waals surface area contributed by atoms with Crippen molar-refractivity contribution in [1.82, 2.24) is 0 Å². The molecule has 0 atom stereocenters. The van der Waals surface area contributed by atoms with Crippen molar-refractivity contribution < 1.29 is 18.7 Å². The highest BCUT2D eigenvalue weighted by Crippen LogP contribution is 2.25. The SMILES string of the molecule is COc1ccc(OC)c(C(=O)C=CNc2ccc(F)cc2Br)c1. The Hall–Kier alpha value is -2.34. The fourth-order valence-electron chi connectivity index (χ4n) is 1.91. The smallest absolute Gasteiger partial charge is 0.191 e. The van der Waals surface area contributed by atoms with E-state index in [1.54, 1.807) is 24.3 Å². The van der Waals surface area contributed by atoms with E-state index in [9.17, 15) is 9.18 Å². The van der Waals surface area contributed by atoms with Crippen molar-refractivity contribution in [3.63, 3.8) is 0 Å². The van der Waals surface area contributed by atoms with Crippen LogP contribution in [0.1, 0.15) is 10.4 Å². The summed E-state index contributed by atoms with van der Waals surface area (Å²) in [6, 6.07) is 9.23. The average Bonchev–Trinajstić information content (AvgIpc) is 2.56. The van der Waals surface area contributed by atoms with Gasteiger partial charge in [-0.2, -0.15) is 0 Å². The van der Waals surface area contributed by atoms with Crippen LogP contribution in [0.25, 0.3) is 0 Å². The van der Waals surface area contributed by atoms with E-state index in [2.05, 4.69) is 21.2 Å². The van der Waals surface area contributed by atoms with Crippen molar-refractivity contribution in [1.29, 1.82) is 0 Å². The molecule has 2 rings (SSSR count). The maximum Gasteiger partial charge on any atom is 0.191 e. The molecular weight excluding hydrogens is 365 g/mol. The maximum absolute atomic E-state index is 13.0. The van der Waals surface area contributed by atoms with E-state index in [0.717, 1.165) is 0 Å². The van der Waals surface area contributed by atoms with Crippen LogP contribution in [-0.2, 0) is 0 Å². The zero-order valence-electron chi connectivity index (χ0n) is 12.6. The Morgan fingerprint density at radius 1 is 1.17 bits per heavy atom. The number of hydrogen-bond acceptors (Lipinski definition) is 4. The van der Waals surface area contributed by atoms with Gasteiger partial charge in [-0.05, 0) is 52.3 Å². The Morgan fingerprint density at radius 3 is 2.61 bits per heavy atom. The van der Waals surface area contributed by atoms with Gasteiger partial charge in [-0.3, -0.25) is 4.79 Å². The van der Waals surface area contributed by atoms with E-state index >= 15 is 0 Å². The van der Waals surface area contributed by atoms with Crippen LogP contribution in [0.3, 0.4) is 0 Å². The van der Waals surface area contributed by atoms with Gasteiger partial charge >= 0.3 is 0 Å². The molecule has 23 heavy (non-hydrogen) atoms. The molecule has 0 spiro atoms. The van der Waals surface area contributed by atoms with Crippen LogP contribution in [0.15, 0.2) is 53.1 Å². The Kier molecular flexibility index (Phi) is 5.76. The minimum atomic E-state index is -0.344. The van der Waals surface area contributed by atoms with E-state index in [1.165, 1.54) is 38.6 Å². The van der Waals surface area contributed by atoms with E-state index < -0.39 is 0 Å². The number of carbonyl (C=O) groups is 1. The van der Waals surface area contributed by atoms with Gasteiger partial charge in [0.05, 0.1) is 25.5 Å². The average molecular weight is 380 g/mol. The van der Waals surface area contributed by atoms with Crippen LogP contribution in [0.4, 0.5) is 10.1 Å². The van der Waals surface area contributed by atoms with Gasteiger partial charge < -0.3 is 14.8 Å². The number of nitrogens with one attached hydrogen (secondary N) is 1. The normalized spacial score (nSPS) is 10.6. The lowest BCUT2D eigenvalue weighted by atomic mass is 10.1. The molecule has 6 heteroatoms. The summed E-state index contributed by atoms with van der Waals surface area (Å²) >= 11 is 3.24. The molecule has 0 aromatic heterocycles. The van der Waals surface area contributed by atoms with Gasteiger partial charge in [-0.15, -0.1) is 0 Å². The third-order valence-electron chi connectivity index (χ3n) is 3.08. The quantitative estimate of drug-likeness (QED) is 0.596. The highest BCUT2D eigenvalue weighted by molar-refractivity contribution is 9.10. The molecule has 0 unspecified atom stereocenters. The van der Waals surface area contributed by atoms with Crippen LogP contribution in [0.2, 0.25) is 0 Å². The second-order valence-electron chi connectivity index (χ2n) is 4.53. The first-order valence-corrected chi connectivity index (χ1v) is 7.49. The fourth-order valence-corrected chi connectivity index (χ4v) is 2.38. The van der Waals surface area contributed by atoms with E-state index in [1.807, 2.05) is 0 Å². The minimum Gasteiger partial charge on any atom is -0.497 e. The van der Waals surface area contributed by atoms with E-state index in [4.69, 9.17) is 9.47 Å². The van der Waals surface area contributed by atoms with Crippen molar-refractivity contribution in [2.45, 2.75) is 0 Å². The number of ketones is 1. The Morgan fingerprint density at radius 2 is 1.96 bits per heavy atom. The monoisotopic (exact) mass is 379 g/mol. The highest BCUT2D eigenvalue weighted by Gasteiger charge is 2.11. The standard InChI is InChI=1S/C17H15BrFNO3/c1-22-12-4-6-17(23-2)13(10-12)16(21)7-8-20-15-5-3-11(19)9-14(15)18/h3-10,20H,1-2H3. The number of carbonyl (C=O) groups excluding carboxylic acids is 1. The van der Waals surface area contributed by atoms with Crippen LogP contribution in [-0.4, -0.2) is 20.0 Å². The zero-order valence-corrected chi connectivity index (χ0v) is 14.2. The van der Waals surface area contributed by atoms with Crippen LogP contribution < -0.4 is 14.8 Å². The highest BCUT2D eigenvalue weighted by atomic mass is 79.9. The Bertz CT molecular complexity index is 747. The lowest BCUT2D eigenvalue weighted by Gasteiger charge is -2.08. The summed E-state index contributed by atoms with van der Waals surface area (Å²) in [6.07, 6.45) is 2.85. The molecule has 0 fully saturated rings. The number of rotatable bonds is 6. The van der Waals surface area contributed by atoms with E-state index in [-0.39, 0.29) is 11.6 Å². The molecule has 0 amide bonds. The first kappa shape index (κ1) is 17.0. The van der Waals surface area contributed by atoms with Gasteiger partial charge in [0.15, 0.2) is 5.78 Å². The van der Waals surface area contributed by atoms with E-state index in [0.29, 0.717) is 27.2 Å². The van der Waals surface area contributed by atoms with Crippen molar-refractivity contribution >= 4 is 27.4 Å². The van der Waals surface area contributed by atoms with Crippen molar-refractivity contribution in [3.8, 4) is 11.5 Å². The van der Waals surface area contributed by atoms with Gasteiger partial charge in [-0.1, -0.05) is 0 Å². The lowest BCUT2D eigenvalue weighted by molar-refractivity contribution is 0.104. The number of methoxy groups -OCH3 is 2. The minimum absolute atomic E-state index is 0.244. The second-order valence-corrected chi connectivity index (χ2v) is 5.39. The summed E-state index contributed by atoms with van der Waals surface area (Å²) in [4.78, 5) is 12.3. The molecule has 0 saturated heterocycles. The van der Waals surface area contributed by atoms with Gasteiger partial charge in [0.25, 0.3) is 0 Å². The number of anilines is 1. The molecule has 0 heterocycles. The molecule has 0 aliphatic carbocycles. The third-order valence-corrected chi connectivity index (χ3v) is 3.73. The molecule has 2 aromatic rings. The van der Waals surface area contributed by atoms with Crippen LogP contribution in [0.5, 0.6) is 11.5 Å². The number of allylic oxidation sites excluding steroid dienone is 1. The lowest BCUT2D eigenvalue weighted by Crippen LogP contribution is -2.01. The largest absolute Gasteiger partial charge is 0.497 e. The molecule has 2 aromatic carbocycles. The predicted octanol–water partition coefficient (Wildman–Crippen LogP) is 4.41. The summed E-state index contributed by atoms with van der Waals surface area (Å²) in [5.74, 6) is 0.440. The molecule has 120 valence electrons. The fraction of sp³-hybridized carbons (Fsp3) is 0.118. The Balaban J connectivity index is 2.15. The molecule has 0 aliphatic rings. The number of ether oxygens (including phenoxy) is 2. The van der Waals surface area contributed by atoms with Gasteiger partial charge in [0.2, 0.25) is 0 Å². The first-order valence-electron chi connectivity index (χ1n) is 6.69. The summed E-state index contributed by atoms with van der Waals surface area (Å²) in [5.41, 5.74) is 1.04. The summed E-state index contributed by atoms with van der Waals surface area (Å²) in [7, 11) is 3.02. The molecule has 0 radical (unpaired) electrons.